The Morgan fingerprint density at radius 1 is 1.33 bits per heavy atom. The van der Waals surface area contributed by atoms with Gasteiger partial charge in [-0.15, -0.1) is 5.54 Å². The van der Waals surface area contributed by atoms with E-state index in [0.29, 0.717) is 6.04 Å². The number of nitrogens with one attached hydrogen (secondary N) is 1. The normalized spacial score (nSPS) is 10.5. The predicted octanol–water partition coefficient (Wildman–Crippen LogP) is 2.38. The van der Waals surface area contributed by atoms with Gasteiger partial charge in [0.1, 0.15) is 8.07 Å². The molecule has 0 atom stereocenters. The zero-order valence-electron chi connectivity index (χ0n) is 8.78. The first-order valence-electron chi connectivity index (χ1n) is 4.30. The summed E-state index contributed by atoms with van der Waals surface area (Å²) in [4.78, 5) is 0. The highest BCUT2D eigenvalue weighted by atomic mass is 28.3. The number of hydrogen-bond acceptors (Lipinski definition) is 1. The second-order valence-electron chi connectivity index (χ2n) is 4.28. The van der Waals surface area contributed by atoms with Crippen molar-refractivity contribution in [2.24, 2.45) is 0 Å². The molecule has 1 nitrogen and oxygen atoms in total. The lowest BCUT2D eigenvalue weighted by Gasteiger charge is -2.08. The van der Waals surface area contributed by atoms with E-state index < -0.39 is 8.07 Å². The third-order valence-electron chi connectivity index (χ3n) is 1.05. The van der Waals surface area contributed by atoms with Crippen molar-refractivity contribution in [1.82, 2.24) is 5.32 Å². The van der Waals surface area contributed by atoms with Gasteiger partial charge < -0.3 is 5.32 Å². The molecule has 0 aliphatic rings. The molecule has 1 N–H and O–H groups in total. The molecule has 0 fully saturated rings. The fourth-order valence-electron chi connectivity index (χ4n) is 0.647. The van der Waals surface area contributed by atoms with Crippen LogP contribution in [0, 0.1) is 11.5 Å². The molecule has 68 valence electrons. The summed E-state index contributed by atoms with van der Waals surface area (Å²) in [5, 5.41) is 3.17. The standard InChI is InChI=1S/C10H19NSi/c1-9(2)11-10(3)7-8-12(4,5)6/h9,11H,3H2,1-2,4-6H3. The Morgan fingerprint density at radius 3 is 2.17 bits per heavy atom. The van der Waals surface area contributed by atoms with Gasteiger partial charge in [-0.25, -0.2) is 0 Å². The minimum atomic E-state index is -1.23. The molecule has 0 aromatic carbocycles. The molecular weight excluding hydrogens is 162 g/mol. The van der Waals surface area contributed by atoms with Crippen molar-refractivity contribution < 1.29 is 0 Å². The largest absolute Gasteiger partial charge is 0.377 e. The van der Waals surface area contributed by atoms with Crippen LogP contribution in [0.5, 0.6) is 0 Å². The highest BCUT2D eigenvalue weighted by Gasteiger charge is 2.07. The molecule has 0 aromatic rings. The van der Waals surface area contributed by atoms with E-state index in [4.69, 9.17) is 0 Å². The Hall–Kier alpha value is -0.683. The second-order valence-corrected chi connectivity index (χ2v) is 9.03. The Kier molecular flexibility index (Phi) is 4.12. The van der Waals surface area contributed by atoms with Crippen LogP contribution in [0.1, 0.15) is 13.8 Å². The zero-order chi connectivity index (χ0) is 9.78. The molecule has 0 amide bonds. The number of allylic oxidation sites excluding steroid dienone is 1. The van der Waals surface area contributed by atoms with Crippen LogP contribution in [0.15, 0.2) is 12.3 Å². The van der Waals surface area contributed by atoms with E-state index in [2.05, 4.69) is 56.8 Å². The third-order valence-corrected chi connectivity index (χ3v) is 1.93. The van der Waals surface area contributed by atoms with Gasteiger partial charge in [0, 0.05) is 6.04 Å². The monoisotopic (exact) mass is 181 g/mol. The zero-order valence-corrected chi connectivity index (χ0v) is 9.78. The molecule has 0 rings (SSSR count). The maximum Gasteiger partial charge on any atom is 0.129 e. The van der Waals surface area contributed by atoms with Crippen LogP contribution in [-0.4, -0.2) is 14.1 Å². The van der Waals surface area contributed by atoms with E-state index in [9.17, 15) is 0 Å². The molecular formula is C10H19NSi. The van der Waals surface area contributed by atoms with Crippen molar-refractivity contribution >= 4 is 8.07 Å². The lowest BCUT2D eigenvalue weighted by atomic mass is 10.3. The molecule has 0 aliphatic carbocycles. The van der Waals surface area contributed by atoms with Gasteiger partial charge in [0.2, 0.25) is 0 Å². The Labute approximate surface area is 77.3 Å². The van der Waals surface area contributed by atoms with Crippen LogP contribution < -0.4 is 5.32 Å². The van der Waals surface area contributed by atoms with Crippen molar-refractivity contribution in [3.8, 4) is 11.5 Å². The lowest BCUT2D eigenvalue weighted by Crippen LogP contribution is -2.22. The first-order chi connectivity index (χ1) is 5.31. The van der Waals surface area contributed by atoms with Gasteiger partial charge in [0.15, 0.2) is 0 Å². The smallest absolute Gasteiger partial charge is 0.129 e. The fraction of sp³-hybridized carbons (Fsp3) is 0.600. The summed E-state index contributed by atoms with van der Waals surface area (Å²) in [6, 6.07) is 0.424. The number of hydrogen-bond donors (Lipinski definition) is 1. The second kappa shape index (κ2) is 4.37. The van der Waals surface area contributed by atoms with Gasteiger partial charge in [-0.2, -0.15) is 0 Å². The quantitative estimate of drug-likeness (QED) is 0.509. The third kappa shape index (κ3) is 7.42. The fourth-order valence-corrected chi connectivity index (χ4v) is 1.17. The van der Waals surface area contributed by atoms with Gasteiger partial charge in [-0.3, -0.25) is 0 Å². The van der Waals surface area contributed by atoms with Gasteiger partial charge in [0.25, 0.3) is 0 Å². The Balaban J connectivity index is 4.06. The van der Waals surface area contributed by atoms with Gasteiger partial charge in [-0.05, 0) is 13.8 Å². The molecule has 2 heteroatoms. The van der Waals surface area contributed by atoms with Gasteiger partial charge >= 0.3 is 0 Å². The average molecular weight is 181 g/mol. The SMILES string of the molecule is C=C(C#C[Si](C)(C)C)NC(C)C. The summed E-state index contributed by atoms with van der Waals surface area (Å²) in [6.45, 7) is 14.7. The predicted molar refractivity (Wildman–Crippen MR) is 58.5 cm³/mol. The summed E-state index contributed by atoms with van der Waals surface area (Å²) in [5.41, 5.74) is 4.09. The van der Waals surface area contributed by atoms with Crippen molar-refractivity contribution in [1.29, 1.82) is 0 Å². The molecule has 0 aromatic heterocycles. The highest BCUT2D eigenvalue weighted by molar-refractivity contribution is 6.83. The Morgan fingerprint density at radius 2 is 1.83 bits per heavy atom. The van der Waals surface area contributed by atoms with E-state index in [1.165, 1.54) is 0 Å². The molecule has 0 radical (unpaired) electrons. The molecule has 0 unspecified atom stereocenters. The summed E-state index contributed by atoms with van der Waals surface area (Å²) in [7, 11) is -1.23. The van der Waals surface area contributed by atoms with E-state index in [1.54, 1.807) is 0 Å². The Bertz CT molecular complexity index is 212. The van der Waals surface area contributed by atoms with Crippen LogP contribution in [0.4, 0.5) is 0 Å². The lowest BCUT2D eigenvalue weighted by molar-refractivity contribution is 0.687. The summed E-state index contributed by atoms with van der Waals surface area (Å²) >= 11 is 0. The molecule has 0 spiro atoms. The van der Waals surface area contributed by atoms with Crippen molar-refractivity contribution in [2.75, 3.05) is 0 Å². The maximum absolute atomic E-state index is 3.84. The molecule has 0 saturated carbocycles. The minimum Gasteiger partial charge on any atom is -0.377 e. The molecule has 0 saturated heterocycles. The maximum atomic E-state index is 3.84. The molecule has 0 heterocycles. The van der Waals surface area contributed by atoms with Crippen LogP contribution in [0.2, 0.25) is 19.6 Å². The van der Waals surface area contributed by atoms with Crippen LogP contribution in [0.3, 0.4) is 0 Å². The average Bonchev–Trinajstić information content (AvgIpc) is 1.80. The molecule has 0 aliphatic heterocycles. The molecule has 0 bridgehead atoms. The summed E-state index contributed by atoms with van der Waals surface area (Å²) in [6.07, 6.45) is 0. The van der Waals surface area contributed by atoms with E-state index in [-0.39, 0.29) is 0 Å². The summed E-state index contributed by atoms with van der Waals surface area (Å²) in [5.74, 6) is 3.06. The van der Waals surface area contributed by atoms with Gasteiger partial charge in [0.05, 0.1) is 5.70 Å². The van der Waals surface area contributed by atoms with E-state index in [1.807, 2.05) is 0 Å². The van der Waals surface area contributed by atoms with Crippen molar-refractivity contribution in [2.45, 2.75) is 39.5 Å². The molecule has 12 heavy (non-hydrogen) atoms. The van der Waals surface area contributed by atoms with E-state index >= 15 is 0 Å². The van der Waals surface area contributed by atoms with Crippen molar-refractivity contribution in [3.63, 3.8) is 0 Å². The van der Waals surface area contributed by atoms with Crippen LogP contribution >= 0.6 is 0 Å². The summed E-state index contributed by atoms with van der Waals surface area (Å²) < 4.78 is 0. The topological polar surface area (TPSA) is 12.0 Å². The van der Waals surface area contributed by atoms with Crippen LogP contribution in [-0.2, 0) is 0 Å². The first-order valence-corrected chi connectivity index (χ1v) is 7.80. The number of rotatable bonds is 2. The minimum absolute atomic E-state index is 0.424. The van der Waals surface area contributed by atoms with Gasteiger partial charge in [-0.1, -0.05) is 32.1 Å². The van der Waals surface area contributed by atoms with Crippen LogP contribution in [0.25, 0.3) is 0 Å². The van der Waals surface area contributed by atoms with E-state index in [0.717, 1.165) is 5.70 Å². The van der Waals surface area contributed by atoms with Crippen molar-refractivity contribution in [3.05, 3.63) is 12.3 Å². The first kappa shape index (κ1) is 11.3. The highest BCUT2D eigenvalue weighted by Crippen LogP contribution is 1.97.